The molecule has 0 fully saturated rings. The lowest BCUT2D eigenvalue weighted by atomic mass is 10.1. The number of rotatable bonds is 11. The number of nitrogens with one attached hydrogen (secondary N) is 3. The lowest BCUT2D eigenvalue weighted by Crippen LogP contribution is -2.31. The molecular formula is C22H25N7O5S. The largest absolute Gasteiger partial charge is 0.355 e. The fourth-order valence-corrected chi connectivity index (χ4v) is 4.71. The minimum Gasteiger partial charge on any atom is -0.334 e. The molecule has 184 valence electrons. The van der Waals surface area contributed by atoms with Gasteiger partial charge in [-0.05, 0) is 29.8 Å². The summed E-state index contributed by atoms with van der Waals surface area (Å²) in [5, 5.41) is 14.5. The molecule has 0 aliphatic heterocycles. The number of hydrogen-bond acceptors (Lipinski definition) is 9. The van der Waals surface area contributed by atoms with Gasteiger partial charge in [0.25, 0.3) is 0 Å². The van der Waals surface area contributed by atoms with E-state index < -0.39 is 26.5 Å². The van der Waals surface area contributed by atoms with Crippen molar-refractivity contribution in [1.29, 1.82) is 0 Å². The molecule has 1 heterocycles. The van der Waals surface area contributed by atoms with Gasteiger partial charge in [-0.15, -0.1) is 0 Å². The maximum absolute atomic E-state index is 12.6. The molecule has 0 atom stereocenters. The van der Waals surface area contributed by atoms with Crippen LogP contribution in [0.3, 0.4) is 0 Å². The number of nitrogens with zero attached hydrogens (tertiary/aromatic N) is 4. The van der Waals surface area contributed by atoms with E-state index in [0.29, 0.717) is 18.8 Å². The Labute approximate surface area is 202 Å². The van der Waals surface area contributed by atoms with Crippen molar-refractivity contribution in [3.8, 4) is 0 Å². The van der Waals surface area contributed by atoms with Crippen molar-refractivity contribution in [2.75, 3.05) is 23.8 Å². The lowest BCUT2D eigenvalue weighted by molar-refractivity contribution is -0.383. The fraction of sp³-hybridized carbons (Fsp3) is 0.227. The van der Waals surface area contributed by atoms with E-state index in [9.17, 15) is 23.3 Å². The van der Waals surface area contributed by atoms with Crippen molar-refractivity contribution in [2.24, 2.45) is 0 Å². The summed E-state index contributed by atoms with van der Waals surface area (Å²) in [4.78, 5) is 31.1. The monoisotopic (exact) mass is 499 g/mol. The first-order valence-electron chi connectivity index (χ1n) is 10.7. The number of nitro groups is 1. The zero-order valence-corrected chi connectivity index (χ0v) is 19.9. The van der Waals surface area contributed by atoms with Crippen LogP contribution in [0, 0.1) is 10.1 Å². The molecule has 2 aromatic carbocycles. The van der Waals surface area contributed by atoms with Gasteiger partial charge >= 0.3 is 5.69 Å². The van der Waals surface area contributed by atoms with Gasteiger partial charge in [-0.25, -0.2) is 18.4 Å². The van der Waals surface area contributed by atoms with Crippen molar-refractivity contribution in [3.63, 3.8) is 0 Å². The highest BCUT2D eigenvalue weighted by Gasteiger charge is 2.25. The van der Waals surface area contributed by atoms with Gasteiger partial charge in [0, 0.05) is 18.8 Å². The maximum Gasteiger partial charge on any atom is 0.355 e. The summed E-state index contributed by atoms with van der Waals surface area (Å²) < 4.78 is 26.6. The molecule has 3 aromatic rings. The molecule has 12 nitrogen and oxygen atoms in total. The van der Waals surface area contributed by atoms with Gasteiger partial charge in [0.2, 0.25) is 27.6 Å². The molecule has 0 unspecified atom stereocenters. The summed E-state index contributed by atoms with van der Waals surface area (Å²) in [6.45, 7) is 4.18. The Bertz CT molecular complexity index is 1280. The van der Waals surface area contributed by atoms with Gasteiger partial charge in [-0.1, -0.05) is 44.2 Å². The van der Waals surface area contributed by atoms with Gasteiger partial charge < -0.3 is 5.32 Å². The second-order valence-corrected chi connectivity index (χ2v) is 9.19. The Morgan fingerprint density at radius 2 is 1.63 bits per heavy atom. The van der Waals surface area contributed by atoms with E-state index >= 15 is 0 Å². The Morgan fingerprint density at radius 1 is 1.00 bits per heavy atom. The second kappa shape index (κ2) is 11.4. The molecule has 0 saturated carbocycles. The van der Waals surface area contributed by atoms with E-state index in [2.05, 4.69) is 26.1 Å². The first kappa shape index (κ1) is 25.5. The van der Waals surface area contributed by atoms with Crippen molar-refractivity contribution < 1.29 is 18.1 Å². The number of carbonyl (C=O) groups is 1. The Hall–Kier alpha value is -4.10. The molecule has 13 heteroatoms. The van der Waals surface area contributed by atoms with Gasteiger partial charge in [-0.3, -0.25) is 25.8 Å². The molecule has 1 amide bonds. The fourth-order valence-electron chi connectivity index (χ4n) is 3.25. The summed E-state index contributed by atoms with van der Waals surface area (Å²) in [5.74, 6) is -0.762. The quantitative estimate of drug-likeness (QED) is 0.266. The van der Waals surface area contributed by atoms with E-state index in [1.54, 1.807) is 38.1 Å². The highest BCUT2D eigenvalue weighted by atomic mass is 32.2. The molecule has 0 radical (unpaired) electrons. The van der Waals surface area contributed by atoms with E-state index in [0.717, 1.165) is 11.9 Å². The van der Waals surface area contributed by atoms with E-state index in [1.165, 1.54) is 28.6 Å². The van der Waals surface area contributed by atoms with E-state index in [-0.39, 0.29) is 23.0 Å². The number of anilines is 3. The molecule has 3 N–H and O–H groups in total. The third-order valence-electron chi connectivity index (χ3n) is 4.99. The number of hydrogen-bond donors (Lipinski definition) is 3. The van der Waals surface area contributed by atoms with E-state index in [4.69, 9.17) is 0 Å². The number of benzene rings is 2. The predicted octanol–water partition coefficient (Wildman–Crippen LogP) is 2.84. The van der Waals surface area contributed by atoms with Crippen LogP contribution >= 0.6 is 0 Å². The third-order valence-corrected chi connectivity index (χ3v) is 7.06. The summed E-state index contributed by atoms with van der Waals surface area (Å²) in [5.41, 5.74) is 5.54. The molecule has 0 saturated heterocycles. The molecular weight excluding hydrogens is 474 g/mol. The first-order chi connectivity index (χ1) is 16.8. The van der Waals surface area contributed by atoms with Crippen molar-refractivity contribution in [3.05, 3.63) is 76.6 Å². The van der Waals surface area contributed by atoms with Gasteiger partial charge in [-0.2, -0.15) is 4.31 Å². The third kappa shape index (κ3) is 6.28. The molecule has 35 heavy (non-hydrogen) atoms. The van der Waals surface area contributed by atoms with E-state index in [1.807, 2.05) is 6.07 Å². The SMILES string of the molecule is CCN(CC)S(=O)(=O)c1ccc(Nc2ncnc(NNC(=O)Cc3ccccc3)c2[N+](=O)[O-])cc1. The van der Waals surface area contributed by atoms with Gasteiger partial charge in [0.05, 0.1) is 16.2 Å². The number of amides is 1. The molecule has 3 rings (SSSR count). The van der Waals surface area contributed by atoms with Crippen LogP contribution < -0.4 is 16.2 Å². The average molecular weight is 500 g/mol. The minimum absolute atomic E-state index is 0.0700. The highest BCUT2D eigenvalue weighted by Crippen LogP contribution is 2.31. The standard InChI is InChI=1S/C22H25N7O5S/c1-3-28(4-2)35(33,34)18-12-10-17(11-13-18)25-21-20(29(31)32)22(24-15-23-21)27-26-19(30)14-16-8-6-5-7-9-16/h5-13,15H,3-4,14H2,1-2H3,(H,26,30)(H2,23,24,25,27). The summed E-state index contributed by atoms with van der Waals surface area (Å²) >= 11 is 0. The van der Waals surface area contributed by atoms with Crippen molar-refractivity contribution in [1.82, 2.24) is 19.7 Å². The smallest absolute Gasteiger partial charge is 0.334 e. The first-order valence-corrected chi connectivity index (χ1v) is 12.2. The van der Waals surface area contributed by atoms with Crippen molar-refractivity contribution >= 4 is 38.9 Å². The van der Waals surface area contributed by atoms with Gasteiger partial charge in [0.1, 0.15) is 6.33 Å². The van der Waals surface area contributed by atoms with Crippen LogP contribution in [0.25, 0.3) is 0 Å². The average Bonchev–Trinajstić information content (AvgIpc) is 2.84. The Kier molecular flexibility index (Phi) is 8.28. The lowest BCUT2D eigenvalue weighted by Gasteiger charge is -2.18. The van der Waals surface area contributed by atoms with Crippen LogP contribution in [-0.2, 0) is 21.2 Å². The topological polar surface area (TPSA) is 159 Å². The number of carbonyl (C=O) groups excluding carboxylic acids is 1. The summed E-state index contributed by atoms with van der Waals surface area (Å²) in [6, 6.07) is 14.8. The van der Waals surface area contributed by atoms with Crippen LogP contribution in [0.15, 0.2) is 65.8 Å². The van der Waals surface area contributed by atoms with Crippen LogP contribution in [0.2, 0.25) is 0 Å². The molecule has 0 aliphatic rings. The normalized spacial score (nSPS) is 11.2. The predicted molar refractivity (Wildman–Crippen MR) is 130 cm³/mol. The number of hydrazine groups is 1. The molecule has 0 aliphatic carbocycles. The van der Waals surface area contributed by atoms with Crippen LogP contribution in [0.5, 0.6) is 0 Å². The van der Waals surface area contributed by atoms with Crippen LogP contribution in [0.1, 0.15) is 19.4 Å². The Morgan fingerprint density at radius 3 is 2.23 bits per heavy atom. The summed E-state index contributed by atoms with van der Waals surface area (Å²) in [6.07, 6.45) is 1.17. The number of aromatic nitrogens is 2. The van der Waals surface area contributed by atoms with Crippen LogP contribution in [0.4, 0.5) is 23.0 Å². The van der Waals surface area contributed by atoms with Gasteiger partial charge in [0.15, 0.2) is 0 Å². The maximum atomic E-state index is 12.6. The zero-order chi connectivity index (χ0) is 25.4. The molecule has 0 spiro atoms. The summed E-state index contributed by atoms with van der Waals surface area (Å²) in [7, 11) is -3.64. The van der Waals surface area contributed by atoms with Crippen LogP contribution in [-0.4, -0.2) is 46.6 Å². The number of sulfonamides is 1. The minimum atomic E-state index is -3.64. The Balaban J connectivity index is 1.76. The zero-order valence-electron chi connectivity index (χ0n) is 19.1. The van der Waals surface area contributed by atoms with Crippen molar-refractivity contribution in [2.45, 2.75) is 25.2 Å². The molecule has 1 aromatic heterocycles. The second-order valence-electron chi connectivity index (χ2n) is 7.25. The highest BCUT2D eigenvalue weighted by molar-refractivity contribution is 7.89. The molecule has 0 bridgehead atoms.